The third-order valence-electron chi connectivity index (χ3n) is 2.54. The van der Waals surface area contributed by atoms with Crippen molar-refractivity contribution in [3.05, 3.63) is 0 Å². The molecule has 1 fully saturated rings. The van der Waals surface area contributed by atoms with Crippen molar-refractivity contribution in [2.75, 3.05) is 39.9 Å². The minimum atomic E-state index is 0.741. The first-order chi connectivity index (χ1) is 5.88. The van der Waals surface area contributed by atoms with Crippen molar-refractivity contribution in [2.24, 2.45) is 0 Å². The van der Waals surface area contributed by atoms with Crippen LogP contribution in [0.5, 0.6) is 0 Å². The Morgan fingerprint density at radius 2 is 2.42 bits per heavy atom. The summed E-state index contributed by atoms with van der Waals surface area (Å²) in [5.41, 5.74) is 0. The monoisotopic (exact) mass is 172 g/mol. The summed E-state index contributed by atoms with van der Waals surface area (Å²) in [4.78, 5) is 2.49. The second kappa shape index (κ2) is 5.51. The molecule has 0 spiro atoms. The second-order valence-corrected chi connectivity index (χ2v) is 3.27. The van der Waals surface area contributed by atoms with Gasteiger partial charge in [-0.3, -0.25) is 4.90 Å². The Kier molecular flexibility index (Phi) is 4.58. The average Bonchev–Trinajstić information content (AvgIpc) is 2.59. The van der Waals surface area contributed by atoms with Gasteiger partial charge in [-0.1, -0.05) is 6.92 Å². The van der Waals surface area contributed by atoms with Crippen LogP contribution in [0.15, 0.2) is 0 Å². The van der Waals surface area contributed by atoms with Crippen LogP contribution in [-0.2, 0) is 4.74 Å². The predicted octanol–water partition coefficient (Wildman–Crippen LogP) is 0.317. The van der Waals surface area contributed by atoms with E-state index >= 15 is 0 Å². The highest BCUT2D eigenvalue weighted by atomic mass is 16.5. The van der Waals surface area contributed by atoms with Crippen molar-refractivity contribution in [1.29, 1.82) is 0 Å². The molecular weight excluding hydrogens is 152 g/mol. The zero-order valence-electron chi connectivity index (χ0n) is 8.18. The number of ether oxygens (including phenoxy) is 1. The Bertz CT molecular complexity index is 113. The fourth-order valence-electron chi connectivity index (χ4n) is 1.76. The van der Waals surface area contributed by atoms with Gasteiger partial charge in [0, 0.05) is 26.2 Å². The lowest BCUT2D eigenvalue weighted by molar-refractivity contribution is 0.129. The lowest BCUT2D eigenvalue weighted by Crippen LogP contribution is -2.38. The fraction of sp³-hybridized carbons (Fsp3) is 1.00. The van der Waals surface area contributed by atoms with Gasteiger partial charge in [-0.2, -0.15) is 0 Å². The number of hydrogen-bond acceptors (Lipinski definition) is 3. The number of nitrogens with one attached hydrogen (secondary N) is 1. The molecule has 1 heterocycles. The molecule has 0 unspecified atom stereocenters. The van der Waals surface area contributed by atoms with Crippen molar-refractivity contribution in [1.82, 2.24) is 10.2 Å². The fourth-order valence-corrected chi connectivity index (χ4v) is 1.76. The molecule has 1 saturated heterocycles. The van der Waals surface area contributed by atoms with Crippen LogP contribution in [0.1, 0.15) is 13.3 Å². The molecule has 0 amide bonds. The van der Waals surface area contributed by atoms with Gasteiger partial charge >= 0.3 is 0 Å². The lowest BCUT2D eigenvalue weighted by Gasteiger charge is -2.26. The molecule has 3 nitrogen and oxygen atoms in total. The van der Waals surface area contributed by atoms with Crippen LogP contribution in [0, 0.1) is 0 Å². The van der Waals surface area contributed by atoms with Gasteiger partial charge in [-0.15, -0.1) is 0 Å². The van der Waals surface area contributed by atoms with Gasteiger partial charge in [0.25, 0.3) is 0 Å². The third kappa shape index (κ3) is 2.73. The van der Waals surface area contributed by atoms with Crippen LogP contribution >= 0.6 is 0 Å². The van der Waals surface area contributed by atoms with Crippen LogP contribution in [0.4, 0.5) is 0 Å². The Balaban J connectivity index is 2.22. The van der Waals surface area contributed by atoms with E-state index in [-0.39, 0.29) is 0 Å². The van der Waals surface area contributed by atoms with Crippen molar-refractivity contribution in [2.45, 2.75) is 19.4 Å². The van der Waals surface area contributed by atoms with E-state index in [0.29, 0.717) is 0 Å². The first kappa shape index (κ1) is 9.96. The maximum Gasteiger partial charge on any atom is 0.0589 e. The van der Waals surface area contributed by atoms with E-state index in [1.165, 1.54) is 13.0 Å². The summed E-state index contributed by atoms with van der Waals surface area (Å²) in [5, 5.41) is 3.38. The third-order valence-corrected chi connectivity index (χ3v) is 2.54. The summed E-state index contributed by atoms with van der Waals surface area (Å²) in [7, 11) is 1.76. The van der Waals surface area contributed by atoms with Crippen LogP contribution in [0.2, 0.25) is 0 Å². The van der Waals surface area contributed by atoms with Gasteiger partial charge in [-0.25, -0.2) is 0 Å². The normalized spacial score (nSPS) is 23.8. The average molecular weight is 172 g/mol. The van der Waals surface area contributed by atoms with Crippen LogP contribution < -0.4 is 5.32 Å². The molecule has 1 rings (SSSR count). The number of nitrogens with zero attached hydrogens (tertiary/aromatic N) is 1. The molecule has 0 aromatic carbocycles. The highest BCUT2D eigenvalue weighted by molar-refractivity contribution is 4.79. The lowest BCUT2D eigenvalue weighted by atomic mass is 10.2. The number of hydrogen-bond donors (Lipinski definition) is 1. The summed E-state index contributed by atoms with van der Waals surface area (Å²) in [5.74, 6) is 0. The smallest absolute Gasteiger partial charge is 0.0589 e. The van der Waals surface area contributed by atoms with E-state index in [4.69, 9.17) is 4.74 Å². The van der Waals surface area contributed by atoms with Crippen molar-refractivity contribution < 1.29 is 4.74 Å². The van der Waals surface area contributed by atoms with Crippen molar-refractivity contribution in [3.8, 4) is 0 Å². The van der Waals surface area contributed by atoms with Gasteiger partial charge < -0.3 is 10.1 Å². The van der Waals surface area contributed by atoms with E-state index < -0.39 is 0 Å². The maximum atomic E-state index is 5.07. The standard InChI is InChI=1S/C9H20N2O/c1-3-11(6-7-12-2)9-4-5-10-8-9/h9-10H,3-8H2,1-2H3/t9-/m0/s1. The molecule has 0 aliphatic carbocycles. The molecule has 12 heavy (non-hydrogen) atoms. The summed E-state index contributed by atoms with van der Waals surface area (Å²) in [6.07, 6.45) is 1.29. The van der Waals surface area contributed by atoms with E-state index in [1.54, 1.807) is 7.11 Å². The molecule has 1 atom stereocenters. The molecule has 0 aromatic rings. The topological polar surface area (TPSA) is 24.5 Å². The predicted molar refractivity (Wildman–Crippen MR) is 50.4 cm³/mol. The van der Waals surface area contributed by atoms with Gasteiger partial charge in [0.05, 0.1) is 6.61 Å². The minimum Gasteiger partial charge on any atom is -0.383 e. The number of rotatable bonds is 5. The molecule has 1 aliphatic heterocycles. The summed E-state index contributed by atoms with van der Waals surface area (Å²) in [6, 6.07) is 0.741. The van der Waals surface area contributed by atoms with E-state index in [1.807, 2.05) is 0 Å². The highest BCUT2D eigenvalue weighted by Gasteiger charge is 2.19. The number of likely N-dealkylation sites (N-methyl/N-ethyl adjacent to an activating group) is 1. The Labute approximate surface area is 75.1 Å². The molecule has 0 aromatic heterocycles. The van der Waals surface area contributed by atoms with Crippen LogP contribution in [-0.4, -0.2) is 50.8 Å². The molecular formula is C9H20N2O. The first-order valence-corrected chi connectivity index (χ1v) is 4.82. The van der Waals surface area contributed by atoms with Gasteiger partial charge in [0.15, 0.2) is 0 Å². The van der Waals surface area contributed by atoms with Crippen molar-refractivity contribution >= 4 is 0 Å². The molecule has 1 aliphatic rings. The molecule has 1 N–H and O–H groups in total. The molecule has 3 heteroatoms. The first-order valence-electron chi connectivity index (χ1n) is 4.82. The Morgan fingerprint density at radius 1 is 1.58 bits per heavy atom. The molecule has 72 valence electrons. The number of methoxy groups -OCH3 is 1. The van der Waals surface area contributed by atoms with Gasteiger partial charge in [0.2, 0.25) is 0 Å². The molecule has 0 bridgehead atoms. The zero-order valence-corrected chi connectivity index (χ0v) is 8.18. The second-order valence-electron chi connectivity index (χ2n) is 3.27. The van der Waals surface area contributed by atoms with E-state index in [9.17, 15) is 0 Å². The molecule has 0 radical (unpaired) electrons. The zero-order chi connectivity index (χ0) is 8.81. The molecule has 0 saturated carbocycles. The Hall–Kier alpha value is -0.120. The Morgan fingerprint density at radius 3 is 2.92 bits per heavy atom. The summed E-state index contributed by atoms with van der Waals surface area (Å²) in [6.45, 7) is 7.60. The van der Waals surface area contributed by atoms with E-state index in [0.717, 1.165) is 32.3 Å². The SMILES string of the molecule is CCN(CCOC)[C@H]1CCNC1. The van der Waals surface area contributed by atoms with Crippen LogP contribution in [0.3, 0.4) is 0 Å². The quantitative estimate of drug-likeness (QED) is 0.646. The van der Waals surface area contributed by atoms with Gasteiger partial charge in [0.1, 0.15) is 0 Å². The maximum absolute atomic E-state index is 5.07. The van der Waals surface area contributed by atoms with Crippen LogP contribution in [0.25, 0.3) is 0 Å². The van der Waals surface area contributed by atoms with Gasteiger partial charge in [-0.05, 0) is 19.5 Å². The highest BCUT2D eigenvalue weighted by Crippen LogP contribution is 2.07. The van der Waals surface area contributed by atoms with Crippen molar-refractivity contribution in [3.63, 3.8) is 0 Å². The van der Waals surface area contributed by atoms with E-state index in [2.05, 4.69) is 17.1 Å². The minimum absolute atomic E-state index is 0.741. The summed E-state index contributed by atoms with van der Waals surface area (Å²) < 4.78 is 5.07. The largest absolute Gasteiger partial charge is 0.383 e. The summed E-state index contributed by atoms with van der Waals surface area (Å²) >= 11 is 0.